The molecular weight excluding hydrogens is 254 g/mol. The first kappa shape index (κ1) is 12.2. The van der Waals surface area contributed by atoms with E-state index in [0.29, 0.717) is 10.7 Å². The number of anilines is 2. The van der Waals surface area contributed by atoms with Crippen molar-refractivity contribution in [1.82, 2.24) is 4.98 Å². The standard InChI is InChI=1S/C12H14ClN3S/c1-2-16(8-10-4-3-5-17-10)12-11(14)6-9(13)7-15-12/h3-7H,2,8,14H2,1H3. The Labute approximate surface area is 110 Å². The summed E-state index contributed by atoms with van der Waals surface area (Å²) in [6.07, 6.45) is 1.63. The van der Waals surface area contributed by atoms with E-state index < -0.39 is 0 Å². The number of thiophene rings is 1. The molecule has 5 heteroatoms. The number of halogens is 1. The van der Waals surface area contributed by atoms with E-state index in [1.54, 1.807) is 23.6 Å². The van der Waals surface area contributed by atoms with Gasteiger partial charge in [0.25, 0.3) is 0 Å². The maximum atomic E-state index is 5.94. The second kappa shape index (κ2) is 5.38. The van der Waals surface area contributed by atoms with Gasteiger partial charge in [-0.3, -0.25) is 0 Å². The lowest BCUT2D eigenvalue weighted by molar-refractivity contribution is 0.825. The first-order chi connectivity index (χ1) is 8.20. The highest BCUT2D eigenvalue weighted by molar-refractivity contribution is 7.09. The van der Waals surface area contributed by atoms with Gasteiger partial charge in [-0.05, 0) is 24.4 Å². The number of nitrogen functional groups attached to an aromatic ring is 1. The Balaban J connectivity index is 2.23. The summed E-state index contributed by atoms with van der Waals surface area (Å²) in [6, 6.07) is 5.90. The van der Waals surface area contributed by atoms with E-state index >= 15 is 0 Å². The molecule has 2 aromatic rings. The average Bonchev–Trinajstić information content (AvgIpc) is 2.79. The Bertz CT molecular complexity index is 485. The summed E-state index contributed by atoms with van der Waals surface area (Å²) >= 11 is 7.58. The van der Waals surface area contributed by atoms with Gasteiger partial charge in [0.1, 0.15) is 0 Å². The molecule has 2 heterocycles. The van der Waals surface area contributed by atoms with Crippen LogP contribution in [0.2, 0.25) is 5.02 Å². The van der Waals surface area contributed by atoms with Gasteiger partial charge in [-0.15, -0.1) is 11.3 Å². The molecule has 0 aliphatic rings. The fourth-order valence-corrected chi connectivity index (χ4v) is 2.52. The van der Waals surface area contributed by atoms with Gasteiger partial charge in [0.15, 0.2) is 5.82 Å². The molecule has 0 unspecified atom stereocenters. The highest BCUT2D eigenvalue weighted by Gasteiger charge is 2.11. The highest BCUT2D eigenvalue weighted by Crippen LogP contribution is 2.25. The molecule has 0 aliphatic heterocycles. The van der Waals surface area contributed by atoms with Gasteiger partial charge in [-0.25, -0.2) is 4.98 Å². The van der Waals surface area contributed by atoms with E-state index in [2.05, 4.69) is 28.3 Å². The molecule has 3 nitrogen and oxygen atoms in total. The summed E-state index contributed by atoms with van der Waals surface area (Å²) in [4.78, 5) is 7.73. The molecule has 0 amide bonds. The summed E-state index contributed by atoms with van der Waals surface area (Å²) in [6.45, 7) is 3.77. The van der Waals surface area contributed by atoms with E-state index in [-0.39, 0.29) is 0 Å². The first-order valence-corrected chi connectivity index (χ1v) is 6.64. The topological polar surface area (TPSA) is 42.2 Å². The zero-order chi connectivity index (χ0) is 12.3. The Morgan fingerprint density at radius 3 is 2.94 bits per heavy atom. The van der Waals surface area contributed by atoms with Crippen LogP contribution in [0.3, 0.4) is 0 Å². The fourth-order valence-electron chi connectivity index (χ4n) is 1.64. The van der Waals surface area contributed by atoms with Gasteiger partial charge in [0.05, 0.1) is 17.3 Å². The number of rotatable bonds is 4. The zero-order valence-electron chi connectivity index (χ0n) is 9.56. The molecule has 2 rings (SSSR count). The van der Waals surface area contributed by atoms with Crippen LogP contribution in [0.5, 0.6) is 0 Å². The SMILES string of the molecule is CCN(Cc1cccs1)c1ncc(Cl)cc1N. The van der Waals surface area contributed by atoms with Gasteiger partial charge >= 0.3 is 0 Å². The van der Waals surface area contributed by atoms with Crippen molar-refractivity contribution in [3.05, 3.63) is 39.7 Å². The quantitative estimate of drug-likeness (QED) is 0.923. The molecule has 0 spiro atoms. The fraction of sp³-hybridized carbons (Fsp3) is 0.250. The van der Waals surface area contributed by atoms with Crippen LogP contribution in [0.15, 0.2) is 29.8 Å². The van der Waals surface area contributed by atoms with Gasteiger partial charge < -0.3 is 10.6 Å². The molecule has 2 aromatic heterocycles. The second-order valence-corrected chi connectivity index (χ2v) is 5.13. The van der Waals surface area contributed by atoms with Crippen molar-refractivity contribution < 1.29 is 0 Å². The number of hydrogen-bond donors (Lipinski definition) is 1. The number of hydrogen-bond acceptors (Lipinski definition) is 4. The van der Waals surface area contributed by atoms with Gasteiger partial charge in [-0.2, -0.15) is 0 Å². The van der Waals surface area contributed by atoms with Crippen molar-refractivity contribution >= 4 is 34.4 Å². The van der Waals surface area contributed by atoms with Crippen LogP contribution in [-0.2, 0) is 6.54 Å². The molecule has 0 saturated heterocycles. The normalized spacial score (nSPS) is 10.5. The molecule has 2 N–H and O–H groups in total. The molecule has 0 radical (unpaired) electrons. The van der Waals surface area contributed by atoms with Crippen molar-refractivity contribution in [3.63, 3.8) is 0 Å². The minimum Gasteiger partial charge on any atom is -0.396 e. The molecule has 0 saturated carbocycles. The maximum absolute atomic E-state index is 5.94. The molecule has 90 valence electrons. The lowest BCUT2D eigenvalue weighted by atomic mass is 10.3. The largest absolute Gasteiger partial charge is 0.396 e. The molecular formula is C12H14ClN3S. The lowest BCUT2D eigenvalue weighted by Gasteiger charge is -2.22. The van der Waals surface area contributed by atoms with Crippen molar-refractivity contribution in [2.45, 2.75) is 13.5 Å². The number of nitrogens with zero attached hydrogens (tertiary/aromatic N) is 2. The van der Waals surface area contributed by atoms with E-state index in [9.17, 15) is 0 Å². The first-order valence-electron chi connectivity index (χ1n) is 5.39. The average molecular weight is 268 g/mol. The minimum absolute atomic E-state index is 0.568. The van der Waals surface area contributed by atoms with Gasteiger partial charge in [0, 0.05) is 17.6 Å². The summed E-state index contributed by atoms with van der Waals surface area (Å²) in [5.74, 6) is 0.797. The third-order valence-corrected chi connectivity index (χ3v) is 3.54. The van der Waals surface area contributed by atoms with Gasteiger partial charge in [-0.1, -0.05) is 17.7 Å². The molecule has 0 atom stereocenters. The predicted molar refractivity (Wildman–Crippen MR) is 74.7 cm³/mol. The summed E-state index contributed by atoms with van der Waals surface area (Å²) < 4.78 is 0. The van der Waals surface area contributed by atoms with Crippen LogP contribution in [0.25, 0.3) is 0 Å². The van der Waals surface area contributed by atoms with Crippen molar-refractivity contribution in [1.29, 1.82) is 0 Å². The third-order valence-electron chi connectivity index (χ3n) is 2.47. The maximum Gasteiger partial charge on any atom is 0.152 e. The molecule has 0 bridgehead atoms. The molecule has 0 fully saturated rings. The van der Waals surface area contributed by atoms with Crippen LogP contribution in [0, 0.1) is 0 Å². The summed E-state index contributed by atoms with van der Waals surface area (Å²) in [5, 5.41) is 2.64. The van der Waals surface area contributed by atoms with Crippen LogP contribution in [0.4, 0.5) is 11.5 Å². The van der Waals surface area contributed by atoms with Crippen molar-refractivity contribution in [2.24, 2.45) is 0 Å². The highest BCUT2D eigenvalue weighted by atomic mass is 35.5. The minimum atomic E-state index is 0.568. The predicted octanol–water partition coefficient (Wildman–Crippen LogP) is 3.41. The summed E-state index contributed by atoms with van der Waals surface area (Å²) in [7, 11) is 0. The van der Waals surface area contributed by atoms with Gasteiger partial charge in [0.2, 0.25) is 0 Å². The smallest absolute Gasteiger partial charge is 0.152 e. The van der Waals surface area contributed by atoms with E-state index in [1.807, 2.05) is 6.07 Å². The zero-order valence-corrected chi connectivity index (χ0v) is 11.1. The van der Waals surface area contributed by atoms with Crippen LogP contribution in [0.1, 0.15) is 11.8 Å². The van der Waals surface area contributed by atoms with Crippen molar-refractivity contribution in [3.8, 4) is 0 Å². The molecule has 0 aromatic carbocycles. The third kappa shape index (κ3) is 2.90. The summed E-state index contributed by atoms with van der Waals surface area (Å²) in [5.41, 5.74) is 6.56. The number of aromatic nitrogens is 1. The Morgan fingerprint density at radius 1 is 1.53 bits per heavy atom. The van der Waals surface area contributed by atoms with E-state index in [1.165, 1.54) is 4.88 Å². The van der Waals surface area contributed by atoms with Crippen LogP contribution in [-0.4, -0.2) is 11.5 Å². The Kier molecular flexibility index (Phi) is 3.86. The number of pyridine rings is 1. The van der Waals surface area contributed by atoms with Crippen molar-refractivity contribution in [2.75, 3.05) is 17.2 Å². The molecule has 17 heavy (non-hydrogen) atoms. The number of nitrogens with two attached hydrogens (primary N) is 1. The molecule has 0 aliphatic carbocycles. The Morgan fingerprint density at radius 2 is 2.35 bits per heavy atom. The second-order valence-electron chi connectivity index (χ2n) is 3.66. The lowest BCUT2D eigenvalue weighted by Crippen LogP contribution is -2.23. The Hall–Kier alpha value is -1.26. The van der Waals surface area contributed by atoms with E-state index in [4.69, 9.17) is 17.3 Å². The van der Waals surface area contributed by atoms with Crippen LogP contribution >= 0.6 is 22.9 Å². The monoisotopic (exact) mass is 267 g/mol. The van der Waals surface area contributed by atoms with Crippen LogP contribution < -0.4 is 10.6 Å². The van der Waals surface area contributed by atoms with E-state index in [0.717, 1.165) is 18.9 Å².